The van der Waals surface area contributed by atoms with Crippen LogP contribution >= 0.6 is 0 Å². The fourth-order valence-corrected chi connectivity index (χ4v) is 12.6. The standard InChI is InChI=1S/C66H43N5/c1-2-18-42(19-3-1)71-60-34-14-6-26-49(60)52-36-37-62-65(66(52)71)53-29-9-15-35-61(53)68(62)44-21-17-23-46(39-44)70-59-33-13-8-28-51(59)55-40-63-54(41-64(55)70)50-27-7-12-32-58(50)69(63)45-22-16-20-43(38-45)67-56-30-10-4-24-47(56)48-25-5-11-31-57(48)67/h1-8,10-28,30-41H,9,29H2. The second-order valence-electron chi connectivity index (χ2n) is 19.2. The zero-order chi connectivity index (χ0) is 46.3. The number of rotatable bonds is 5. The molecule has 0 aliphatic heterocycles. The molecule has 0 saturated carbocycles. The highest BCUT2D eigenvalue weighted by molar-refractivity contribution is 6.21. The highest BCUT2D eigenvalue weighted by Crippen LogP contribution is 2.45. The van der Waals surface area contributed by atoms with Gasteiger partial charge < -0.3 is 22.8 Å². The van der Waals surface area contributed by atoms with Crippen molar-refractivity contribution in [1.82, 2.24) is 22.8 Å². The van der Waals surface area contributed by atoms with Crippen molar-refractivity contribution in [2.24, 2.45) is 0 Å². The first-order chi connectivity index (χ1) is 35.3. The minimum absolute atomic E-state index is 0.991. The summed E-state index contributed by atoms with van der Waals surface area (Å²) in [5.41, 5.74) is 19.3. The van der Waals surface area contributed by atoms with E-state index in [1.807, 2.05) is 0 Å². The van der Waals surface area contributed by atoms with Crippen LogP contribution in [0.2, 0.25) is 0 Å². The second-order valence-corrected chi connectivity index (χ2v) is 19.2. The molecule has 0 radical (unpaired) electrons. The monoisotopic (exact) mass is 905 g/mol. The zero-order valence-electron chi connectivity index (χ0n) is 38.7. The van der Waals surface area contributed by atoms with Gasteiger partial charge in [-0.15, -0.1) is 0 Å². The van der Waals surface area contributed by atoms with Crippen molar-refractivity contribution in [1.29, 1.82) is 0 Å². The number of nitrogens with zero attached hydrogens (tertiary/aromatic N) is 5. The van der Waals surface area contributed by atoms with Crippen molar-refractivity contribution in [3.05, 3.63) is 242 Å². The first-order valence-corrected chi connectivity index (χ1v) is 24.7. The third kappa shape index (κ3) is 5.35. The molecule has 0 saturated heterocycles. The summed E-state index contributed by atoms with van der Waals surface area (Å²) in [6.45, 7) is 0. The largest absolute Gasteiger partial charge is 0.309 e. The Labute approximate surface area is 408 Å². The highest BCUT2D eigenvalue weighted by atomic mass is 15.0. The lowest BCUT2D eigenvalue weighted by Crippen LogP contribution is -2.02. The fourth-order valence-electron chi connectivity index (χ4n) is 12.6. The molecule has 5 heterocycles. The SMILES string of the molecule is C1=Cc2c(c3c(ccc4c5ccccc5n(-c5ccccc5)c43)n2-c2cccc(-n3c4ccccc4c4cc5c(cc43)c3ccccc3n5-c3cccc(-n4c5ccccc5c5ccccc54)c3)c2)CC1. The second kappa shape index (κ2) is 14.6. The zero-order valence-corrected chi connectivity index (χ0v) is 38.7. The van der Waals surface area contributed by atoms with Crippen molar-refractivity contribution in [2.75, 3.05) is 0 Å². The van der Waals surface area contributed by atoms with Gasteiger partial charge in [-0.2, -0.15) is 0 Å². The van der Waals surface area contributed by atoms with Gasteiger partial charge in [0.15, 0.2) is 0 Å². The summed E-state index contributed by atoms with van der Waals surface area (Å²) >= 11 is 0. The van der Waals surface area contributed by atoms with Crippen LogP contribution in [0.1, 0.15) is 17.7 Å². The van der Waals surface area contributed by atoms with E-state index in [1.165, 1.54) is 115 Å². The average Bonchev–Trinajstić information content (AvgIpc) is 4.22. The van der Waals surface area contributed by atoms with Crippen LogP contribution in [0.25, 0.3) is 133 Å². The van der Waals surface area contributed by atoms with Gasteiger partial charge in [0, 0.05) is 82.6 Å². The van der Waals surface area contributed by atoms with Crippen LogP contribution in [-0.4, -0.2) is 22.8 Å². The van der Waals surface area contributed by atoms with E-state index in [-0.39, 0.29) is 0 Å². The summed E-state index contributed by atoms with van der Waals surface area (Å²) in [6.07, 6.45) is 6.72. The van der Waals surface area contributed by atoms with Gasteiger partial charge in [-0.25, -0.2) is 0 Å². The van der Waals surface area contributed by atoms with Gasteiger partial charge in [0.05, 0.1) is 49.7 Å². The lowest BCUT2D eigenvalue weighted by Gasteiger charge is -2.15. The molecular weight excluding hydrogens is 863 g/mol. The molecule has 5 aromatic heterocycles. The van der Waals surface area contributed by atoms with Gasteiger partial charge in [0.25, 0.3) is 0 Å². The van der Waals surface area contributed by atoms with Crippen LogP contribution in [0.4, 0.5) is 0 Å². The van der Waals surface area contributed by atoms with Crippen molar-refractivity contribution in [3.8, 4) is 28.4 Å². The molecule has 0 spiro atoms. The van der Waals surface area contributed by atoms with Crippen LogP contribution in [0, 0.1) is 0 Å². The molecule has 0 N–H and O–H groups in total. The molecule has 10 aromatic carbocycles. The third-order valence-electron chi connectivity index (χ3n) is 15.5. The number of aromatic nitrogens is 5. The topological polar surface area (TPSA) is 24.6 Å². The maximum atomic E-state index is 2.52. The third-order valence-corrected chi connectivity index (χ3v) is 15.5. The van der Waals surface area contributed by atoms with Gasteiger partial charge in [-0.1, -0.05) is 133 Å². The Morgan fingerprint density at radius 2 is 0.676 bits per heavy atom. The van der Waals surface area contributed by atoms with E-state index in [0.717, 1.165) is 35.6 Å². The lowest BCUT2D eigenvalue weighted by atomic mass is 9.99. The first kappa shape index (κ1) is 38.6. The molecule has 16 rings (SSSR count). The average molecular weight is 906 g/mol. The van der Waals surface area contributed by atoms with E-state index in [4.69, 9.17) is 0 Å². The summed E-state index contributed by atoms with van der Waals surface area (Å²) < 4.78 is 12.4. The Morgan fingerprint density at radius 3 is 1.20 bits per heavy atom. The van der Waals surface area contributed by atoms with Gasteiger partial charge in [-0.3, -0.25) is 0 Å². The summed E-state index contributed by atoms with van der Waals surface area (Å²) in [5.74, 6) is 0. The maximum absolute atomic E-state index is 2.52. The summed E-state index contributed by atoms with van der Waals surface area (Å²) in [6, 6.07) is 82.9. The number of para-hydroxylation sites is 6. The lowest BCUT2D eigenvalue weighted by molar-refractivity contribution is 0.966. The van der Waals surface area contributed by atoms with E-state index in [0.29, 0.717) is 0 Å². The Kier molecular flexibility index (Phi) is 7.94. The summed E-state index contributed by atoms with van der Waals surface area (Å²) in [4.78, 5) is 0. The van der Waals surface area contributed by atoms with Gasteiger partial charge in [0.1, 0.15) is 0 Å². The molecule has 332 valence electrons. The molecule has 1 aliphatic rings. The van der Waals surface area contributed by atoms with Crippen molar-refractivity contribution >= 4 is 104 Å². The fraction of sp³-hybridized carbons (Fsp3) is 0.0303. The van der Waals surface area contributed by atoms with Gasteiger partial charge in [-0.05, 0) is 122 Å². The van der Waals surface area contributed by atoms with E-state index >= 15 is 0 Å². The first-order valence-electron chi connectivity index (χ1n) is 24.7. The predicted molar refractivity (Wildman–Crippen MR) is 298 cm³/mol. The molecular formula is C66H43N5. The van der Waals surface area contributed by atoms with Crippen LogP contribution in [0.15, 0.2) is 231 Å². The molecule has 0 amide bonds. The summed E-state index contributed by atoms with van der Waals surface area (Å²) in [5, 5.41) is 11.3. The van der Waals surface area contributed by atoms with Crippen LogP contribution in [0.3, 0.4) is 0 Å². The maximum Gasteiger partial charge on any atom is 0.0638 e. The number of hydrogen-bond acceptors (Lipinski definition) is 0. The predicted octanol–water partition coefficient (Wildman–Crippen LogP) is 17.0. The Balaban J connectivity index is 0.914. The van der Waals surface area contributed by atoms with E-state index in [9.17, 15) is 0 Å². The smallest absolute Gasteiger partial charge is 0.0638 e. The minimum Gasteiger partial charge on any atom is -0.309 e. The molecule has 71 heavy (non-hydrogen) atoms. The van der Waals surface area contributed by atoms with Crippen molar-refractivity contribution < 1.29 is 0 Å². The molecule has 5 nitrogen and oxygen atoms in total. The van der Waals surface area contributed by atoms with Crippen LogP contribution in [-0.2, 0) is 6.42 Å². The number of allylic oxidation sites excluding steroid dienone is 1. The Hall–Kier alpha value is -9.32. The number of benzene rings is 10. The number of hydrogen-bond donors (Lipinski definition) is 0. The van der Waals surface area contributed by atoms with E-state index in [1.54, 1.807) is 0 Å². The minimum atomic E-state index is 0.991. The van der Waals surface area contributed by atoms with E-state index in [2.05, 4.69) is 259 Å². The molecule has 1 aliphatic carbocycles. The Morgan fingerprint density at radius 1 is 0.268 bits per heavy atom. The van der Waals surface area contributed by atoms with Gasteiger partial charge >= 0.3 is 0 Å². The van der Waals surface area contributed by atoms with Crippen molar-refractivity contribution in [2.45, 2.75) is 12.8 Å². The molecule has 5 heteroatoms. The number of fused-ring (bicyclic) bond motifs is 16. The van der Waals surface area contributed by atoms with Gasteiger partial charge in [0.2, 0.25) is 0 Å². The van der Waals surface area contributed by atoms with E-state index < -0.39 is 0 Å². The molecule has 0 unspecified atom stereocenters. The highest BCUT2D eigenvalue weighted by Gasteiger charge is 2.26. The molecule has 0 bridgehead atoms. The van der Waals surface area contributed by atoms with Crippen LogP contribution < -0.4 is 0 Å². The van der Waals surface area contributed by atoms with Crippen LogP contribution in [0.5, 0.6) is 0 Å². The molecule has 0 atom stereocenters. The normalized spacial score (nSPS) is 12.9. The summed E-state index contributed by atoms with van der Waals surface area (Å²) in [7, 11) is 0. The number of aryl methyl sites for hydroxylation is 1. The molecule has 15 aromatic rings. The van der Waals surface area contributed by atoms with Crippen molar-refractivity contribution in [3.63, 3.8) is 0 Å². The quantitative estimate of drug-likeness (QED) is 0.164. The molecule has 0 fully saturated rings. The Bertz CT molecular complexity index is 4700.